The van der Waals surface area contributed by atoms with E-state index in [0.29, 0.717) is 10.2 Å². The van der Waals surface area contributed by atoms with Gasteiger partial charge in [0, 0.05) is 28.5 Å². The predicted molar refractivity (Wildman–Crippen MR) is 78.0 cm³/mol. The Kier molecular flexibility index (Phi) is 4.31. The quantitative estimate of drug-likeness (QED) is 0.516. The average molecular weight is 357 g/mol. The summed E-state index contributed by atoms with van der Waals surface area (Å²) in [6.07, 6.45) is 1.46. The van der Waals surface area contributed by atoms with Gasteiger partial charge in [0.15, 0.2) is 0 Å². The van der Waals surface area contributed by atoms with Crippen LogP contribution in [0.5, 0.6) is 0 Å². The van der Waals surface area contributed by atoms with Gasteiger partial charge in [-0.05, 0) is 28.1 Å². The Bertz CT molecular complexity index is 693. The van der Waals surface area contributed by atoms with Gasteiger partial charge in [0.1, 0.15) is 5.15 Å². The molecule has 102 valence electrons. The Hall–Kier alpha value is -1.99. The number of nitrogens with one attached hydrogen (secondary N) is 1. The summed E-state index contributed by atoms with van der Waals surface area (Å²) >= 11 is 9.03. The Balaban J connectivity index is 2.25. The van der Waals surface area contributed by atoms with Crippen molar-refractivity contribution in [1.82, 2.24) is 4.98 Å². The van der Waals surface area contributed by atoms with Crippen molar-refractivity contribution in [2.45, 2.75) is 0 Å². The van der Waals surface area contributed by atoms with E-state index in [2.05, 4.69) is 26.2 Å². The fourth-order valence-electron chi connectivity index (χ4n) is 1.48. The molecule has 2 rings (SSSR count). The van der Waals surface area contributed by atoms with Crippen molar-refractivity contribution in [1.29, 1.82) is 0 Å². The lowest BCUT2D eigenvalue weighted by molar-refractivity contribution is -0.384. The summed E-state index contributed by atoms with van der Waals surface area (Å²) in [5.74, 6) is -0.496. The van der Waals surface area contributed by atoms with Crippen LogP contribution >= 0.6 is 27.5 Å². The number of nitrogens with zero attached hydrogens (tertiary/aromatic N) is 2. The summed E-state index contributed by atoms with van der Waals surface area (Å²) in [5.41, 5.74) is 0.369. The van der Waals surface area contributed by atoms with Crippen molar-refractivity contribution in [3.63, 3.8) is 0 Å². The molecule has 1 aromatic heterocycles. The van der Waals surface area contributed by atoms with Gasteiger partial charge in [0.25, 0.3) is 11.6 Å². The summed E-state index contributed by atoms with van der Waals surface area (Å²) in [5, 5.41) is 13.2. The molecule has 0 fully saturated rings. The molecule has 6 nitrogen and oxygen atoms in total. The second-order valence-electron chi connectivity index (χ2n) is 3.75. The van der Waals surface area contributed by atoms with Gasteiger partial charge in [0.05, 0.1) is 10.5 Å². The number of carbonyl (C=O) groups excluding carboxylic acids is 1. The van der Waals surface area contributed by atoms with E-state index in [1.807, 2.05) is 0 Å². The molecule has 0 unspecified atom stereocenters. The molecule has 1 amide bonds. The molecule has 0 aliphatic rings. The molecule has 20 heavy (non-hydrogen) atoms. The smallest absolute Gasteiger partial charge is 0.271 e. The summed E-state index contributed by atoms with van der Waals surface area (Å²) < 4.78 is 0.603. The molecule has 8 heteroatoms. The van der Waals surface area contributed by atoms with E-state index in [1.165, 1.54) is 30.5 Å². The number of rotatable bonds is 3. The zero-order valence-electron chi connectivity index (χ0n) is 9.84. The highest BCUT2D eigenvalue weighted by atomic mass is 79.9. The van der Waals surface area contributed by atoms with Crippen molar-refractivity contribution in [2.24, 2.45) is 0 Å². The van der Waals surface area contributed by atoms with E-state index in [-0.39, 0.29) is 16.4 Å². The van der Waals surface area contributed by atoms with Gasteiger partial charge in [-0.15, -0.1) is 0 Å². The van der Waals surface area contributed by atoms with E-state index in [0.717, 1.165) is 0 Å². The lowest BCUT2D eigenvalue weighted by atomic mass is 10.2. The third-order valence-corrected chi connectivity index (χ3v) is 3.10. The first-order valence-corrected chi connectivity index (χ1v) is 6.51. The zero-order valence-corrected chi connectivity index (χ0v) is 12.2. The summed E-state index contributed by atoms with van der Waals surface area (Å²) in [6, 6.07) is 7.14. The molecule has 0 radical (unpaired) electrons. The predicted octanol–water partition coefficient (Wildman–Crippen LogP) is 3.66. The Morgan fingerprint density at radius 3 is 2.85 bits per heavy atom. The second-order valence-corrected chi connectivity index (χ2v) is 5.03. The van der Waals surface area contributed by atoms with E-state index in [4.69, 9.17) is 11.6 Å². The molecule has 0 atom stereocenters. The molecule has 0 aliphatic heterocycles. The van der Waals surface area contributed by atoms with Crippen LogP contribution < -0.4 is 5.32 Å². The average Bonchev–Trinajstić information content (AvgIpc) is 2.41. The number of pyridine rings is 1. The van der Waals surface area contributed by atoms with Crippen LogP contribution in [0.15, 0.2) is 41.0 Å². The number of hydrogen-bond donors (Lipinski definition) is 1. The third-order valence-electron chi connectivity index (χ3n) is 2.37. The van der Waals surface area contributed by atoms with Gasteiger partial charge in [-0.25, -0.2) is 4.98 Å². The maximum Gasteiger partial charge on any atom is 0.271 e. The standard InChI is InChI=1S/C12H7BrClN3O3/c13-7-4-10(11(14)15-6-7)12(18)16-8-2-1-3-9(5-8)17(19)20/h1-6H,(H,16,18). The van der Waals surface area contributed by atoms with Crippen molar-refractivity contribution >= 4 is 44.8 Å². The summed E-state index contributed by atoms with van der Waals surface area (Å²) in [7, 11) is 0. The summed E-state index contributed by atoms with van der Waals surface area (Å²) in [6.45, 7) is 0. The molecule has 0 aliphatic carbocycles. The SMILES string of the molecule is O=C(Nc1cccc([N+](=O)[O-])c1)c1cc(Br)cnc1Cl. The molecule has 1 N–H and O–H groups in total. The van der Waals surface area contributed by atoms with E-state index >= 15 is 0 Å². The highest BCUT2D eigenvalue weighted by Crippen LogP contribution is 2.21. The van der Waals surface area contributed by atoms with E-state index < -0.39 is 10.8 Å². The molecular formula is C12H7BrClN3O3. The number of carbonyl (C=O) groups is 1. The normalized spacial score (nSPS) is 10.1. The van der Waals surface area contributed by atoms with Crippen LogP contribution in [0.1, 0.15) is 10.4 Å². The molecule has 2 aromatic rings. The number of anilines is 1. The van der Waals surface area contributed by atoms with Crippen molar-refractivity contribution in [3.05, 3.63) is 61.8 Å². The largest absolute Gasteiger partial charge is 0.322 e. The zero-order chi connectivity index (χ0) is 14.7. The number of nitro benzene ring substituents is 1. The van der Waals surface area contributed by atoms with Gasteiger partial charge in [0.2, 0.25) is 0 Å². The molecule has 1 heterocycles. The van der Waals surface area contributed by atoms with Crippen LogP contribution in [0, 0.1) is 10.1 Å². The minimum Gasteiger partial charge on any atom is -0.322 e. The fraction of sp³-hybridized carbons (Fsp3) is 0. The number of aromatic nitrogens is 1. The van der Waals surface area contributed by atoms with Crippen molar-refractivity contribution in [3.8, 4) is 0 Å². The van der Waals surface area contributed by atoms with Crippen molar-refractivity contribution in [2.75, 3.05) is 5.32 Å². The van der Waals surface area contributed by atoms with Gasteiger partial charge in [-0.3, -0.25) is 14.9 Å². The number of amides is 1. The van der Waals surface area contributed by atoms with Gasteiger partial charge in [-0.2, -0.15) is 0 Å². The third kappa shape index (κ3) is 3.31. The molecular weight excluding hydrogens is 350 g/mol. The van der Waals surface area contributed by atoms with Crippen LogP contribution in [0.3, 0.4) is 0 Å². The topological polar surface area (TPSA) is 85.1 Å². The Morgan fingerprint density at radius 1 is 1.40 bits per heavy atom. The second kappa shape index (κ2) is 5.98. The van der Waals surface area contributed by atoms with Crippen LogP contribution in [-0.4, -0.2) is 15.8 Å². The monoisotopic (exact) mass is 355 g/mol. The molecule has 1 aromatic carbocycles. The van der Waals surface area contributed by atoms with Gasteiger partial charge in [-0.1, -0.05) is 17.7 Å². The van der Waals surface area contributed by atoms with Gasteiger partial charge < -0.3 is 5.32 Å². The first-order valence-electron chi connectivity index (χ1n) is 5.34. The van der Waals surface area contributed by atoms with Crippen LogP contribution in [-0.2, 0) is 0 Å². The first kappa shape index (κ1) is 14.4. The highest BCUT2D eigenvalue weighted by molar-refractivity contribution is 9.10. The lowest BCUT2D eigenvalue weighted by Gasteiger charge is -2.06. The molecule has 0 saturated heterocycles. The summed E-state index contributed by atoms with van der Waals surface area (Å²) in [4.78, 5) is 26.0. The number of halogens is 2. The van der Waals surface area contributed by atoms with Gasteiger partial charge >= 0.3 is 0 Å². The maximum atomic E-state index is 12.0. The number of benzene rings is 1. The lowest BCUT2D eigenvalue weighted by Crippen LogP contribution is -2.13. The Labute approximate surface area is 127 Å². The number of hydrogen-bond acceptors (Lipinski definition) is 4. The fourth-order valence-corrected chi connectivity index (χ4v) is 2.00. The van der Waals surface area contributed by atoms with E-state index in [1.54, 1.807) is 6.07 Å². The first-order chi connectivity index (χ1) is 9.47. The van der Waals surface area contributed by atoms with E-state index in [9.17, 15) is 14.9 Å². The van der Waals surface area contributed by atoms with Crippen LogP contribution in [0.25, 0.3) is 0 Å². The van der Waals surface area contributed by atoms with Crippen molar-refractivity contribution < 1.29 is 9.72 Å². The minimum atomic E-state index is -0.538. The minimum absolute atomic E-state index is 0.0520. The highest BCUT2D eigenvalue weighted by Gasteiger charge is 2.14. The number of non-ortho nitro benzene ring substituents is 1. The van der Waals surface area contributed by atoms with Crippen LogP contribution in [0.2, 0.25) is 5.15 Å². The van der Waals surface area contributed by atoms with Crippen LogP contribution in [0.4, 0.5) is 11.4 Å². The molecule has 0 spiro atoms. The Morgan fingerprint density at radius 2 is 2.15 bits per heavy atom. The number of nitro groups is 1. The molecule has 0 bridgehead atoms. The maximum absolute atomic E-state index is 12.0. The molecule has 0 saturated carbocycles.